The molecule has 1 aliphatic heterocycles. The second-order valence-electron chi connectivity index (χ2n) is 8.20. The number of anilines is 1. The first kappa shape index (κ1) is 21.3. The van der Waals surface area contributed by atoms with Gasteiger partial charge in [0.05, 0.1) is 17.1 Å². The van der Waals surface area contributed by atoms with E-state index < -0.39 is 0 Å². The molecule has 33 heavy (non-hydrogen) atoms. The third-order valence-electron chi connectivity index (χ3n) is 5.85. The average molecular weight is 463 g/mol. The number of halogens is 1. The van der Waals surface area contributed by atoms with Gasteiger partial charge in [0.15, 0.2) is 0 Å². The van der Waals surface area contributed by atoms with Crippen LogP contribution < -0.4 is 10.2 Å². The van der Waals surface area contributed by atoms with Crippen molar-refractivity contribution < 1.29 is 14.0 Å². The Hall–Kier alpha value is -3.52. The Morgan fingerprint density at radius 2 is 1.85 bits per heavy atom. The number of rotatable bonds is 6. The van der Waals surface area contributed by atoms with Gasteiger partial charge in [0.1, 0.15) is 10.6 Å². The molecule has 0 atom stereocenters. The van der Waals surface area contributed by atoms with Gasteiger partial charge in [-0.3, -0.25) is 14.3 Å². The van der Waals surface area contributed by atoms with Crippen LogP contribution in [0.5, 0.6) is 0 Å². The van der Waals surface area contributed by atoms with E-state index in [9.17, 15) is 14.0 Å². The number of carbonyl (C=O) groups is 2. The Morgan fingerprint density at radius 1 is 1.12 bits per heavy atom. The van der Waals surface area contributed by atoms with Gasteiger partial charge >= 0.3 is 0 Å². The molecular formula is C25H23FN4O2S. The van der Waals surface area contributed by atoms with Crippen LogP contribution in [0.3, 0.4) is 0 Å². The number of nitrogens with zero attached hydrogens (tertiary/aromatic N) is 3. The maximum atomic E-state index is 13.2. The van der Waals surface area contributed by atoms with Crippen molar-refractivity contribution in [1.82, 2.24) is 15.1 Å². The van der Waals surface area contributed by atoms with Crippen molar-refractivity contribution in [3.8, 4) is 0 Å². The summed E-state index contributed by atoms with van der Waals surface area (Å²) < 4.78 is 15.1. The van der Waals surface area contributed by atoms with E-state index in [1.807, 2.05) is 41.9 Å². The maximum Gasteiger partial charge on any atom is 0.261 e. The van der Waals surface area contributed by atoms with E-state index in [1.54, 1.807) is 17.0 Å². The molecule has 4 aromatic rings. The van der Waals surface area contributed by atoms with Crippen LogP contribution in [0.1, 0.15) is 39.3 Å². The van der Waals surface area contributed by atoms with Gasteiger partial charge in [-0.25, -0.2) is 4.39 Å². The van der Waals surface area contributed by atoms with Crippen molar-refractivity contribution in [3.05, 3.63) is 82.1 Å². The van der Waals surface area contributed by atoms with Crippen LogP contribution in [-0.4, -0.2) is 28.1 Å². The molecule has 6 nitrogen and oxygen atoms in total. The highest BCUT2D eigenvalue weighted by Gasteiger charge is 2.21. The predicted octanol–water partition coefficient (Wildman–Crippen LogP) is 4.65. The molecule has 168 valence electrons. The molecule has 5 rings (SSSR count). The lowest BCUT2D eigenvalue weighted by molar-refractivity contribution is -0.117. The van der Waals surface area contributed by atoms with Gasteiger partial charge in [0.25, 0.3) is 5.91 Å². The highest BCUT2D eigenvalue weighted by molar-refractivity contribution is 7.20. The fraction of sp³-hybridized carbons (Fsp3) is 0.240. The number of benzene rings is 2. The number of hydrogen-bond acceptors (Lipinski definition) is 4. The zero-order valence-electron chi connectivity index (χ0n) is 18.2. The second kappa shape index (κ2) is 8.78. The molecule has 0 saturated carbocycles. The third-order valence-corrected chi connectivity index (χ3v) is 7.00. The van der Waals surface area contributed by atoms with Gasteiger partial charge in [-0.1, -0.05) is 24.3 Å². The molecule has 0 bridgehead atoms. The second-order valence-corrected chi connectivity index (χ2v) is 9.23. The van der Waals surface area contributed by atoms with E-state index in [1.165, 1.54) is 23.5 Å². The first-order valence-corrected chi connectivity index (χ1v) is 11.7. The minimum atomic E-state index is -0.269. The Balaban J connectivity index is 1.27. The number of hydrogen-bond donors (Lipinski definition) is 1. The zero-order valence-corrected chi connectivity index (χ0v) is 19.0. The molecule has 0 unspecified atom stereocenters. The molecule has 1 fully saturated rings. The summed E-state index contributed by atoms with van der Waals surface area (Å²) in [6, 6.07) is 16.0. The third kappa shape index (κ3) is 4.39. The lowest BCUT2D eigenvalue weighted by atomic mass is 10.2. The minimum Gasteiger partial charge on any atom is -0.347 e. The van der Waals surface area contributed by atoms with Crippen LogP contribution in [0, 0.1) is 12.7 Å². The smallest absolute Gasteiger partial charge is 0.261 e. The number of amides is 2. The fourth-order valence-corrected chi connectivity index (χ4v) is 5.16. The number of aryl methyl sites for hydroxylation is 1. The Morgan fingerprint density at radius 3 is 2.55 bits per heavy atom. The van der Waals surface area contributed by atoms with Crippen molar-refractivity contribution in [2.75, 3.05) is 11.4 Å². The average Bonchev–Trinajstić information content (AvgIpc) is 3.51. The van der Waals surface area contributed by atoms with E-state index in [0.29, 0.717) is 24.4 Å². The Labute approximate surface area is 194 Å². The van der Waals surface area contributed by atoms with Gasteiger partial charge in [-0.05, 0) is 54.8 Å². The van der Waals surface area contributed by atoms with E-state index >= 15 is 0 Å². The summed E-state index contributed by atoms with van der Waals surface area (Å²) >= 11 is 1.40. The Kier molecular flexibility index (Phi) is 5.68. The van der Waals surface area contributed by atoms with Crippen molar-refractivity contribution in [2.45, 2.75) is 32.9 Å². The van der Waals surface area contributed by atoms with Gasteiger partial charge < -0.3 is 10.2 Å². The van der Waals surface area contributed by atoms with Gasteiger partial charge in [0.2, 0.25) is 5.91 Å². The van der Waals surface area contributed by atoms with Crippen molar-refractivity contribution in [2.24, 2.45) is 0 Å². The lowest BCUT2D eigenvalue weighted by Crippen LogP contribution is -2.24. The molecule has 0 aliphatic carbocycles. The molecular weight excluding hydrogens is 439 g/mol. The van der Waals surface area contributed by atoms with Crippen molar-refractivity contribution in [1.29, 1.82) is 0 Å². The van der Waals surface area contributed by atoms with Crippen LogP contribution >= 0.6 is 11.3 Å². The molecule has 1 saturated heterocycles. The standard InChI is InChI=1S/C25H23FN4O2S/c1-16-21-13-22(33-25(21)30(28-16)15-18-4-8-19(26)9-5-18)24(32)27-14-17-6-10-20(11-7-17)29-12-2-3-23(29)31/h4-11,13H,2-3,12,14-15H2,1H3,(H,27,32). The largest absolute Gasteiger partial charge is 0.347 e. The molecule has 1 N–H and O–H groups in total. The number of aromatic nitrogens is 2. The van der Waals surface area contributed by atoms with E-state index in [2.05, 4.69) is 10.4 Å². The molecule has 1 aliphatic rings. The fourth-order valence-electron chi connectivity index (χ4n) is 4.08. The number of carbonyl (C=O) groups excluding carboxylic acids is 2. The van der Waals surface area contributed by atoms with Gasteiger partial charge in [-0.2, -0.15) is 5.10 Å². The predicted molar refractivity (Wildman–Crippen MR) is 127 cm³/mol. The van der Waals surface area contributed by atoms with Crippen molar-refractivity contribution in [3.63, 3.8) is 0 Å². The number of nitrogens with one attached hydrogen (secondary N) is 1. The molecule has 2 amide bonds. The minimum absolute atomic E-state index is 0.136. The first-order chi connectivity index (χ1) is 16.0. The molecule has 2 aromatic heterocycles. The summed E-state index contributed by atoms with van der Waals surface area (Å²) in [6.07, 6.45) is 1.50. The van der Waals surface area contributed by atoms with E-state index in [-0.39, 0.29) is 17.6 Å². The topological polar surface area (TPSA) is 67.2 Å². The normalized spacial score (nSPS) is 13.8. The quantitative estimate of drug-likeness (QED) is 0.454. The zero-order chi connectivity index (χ0) is 22.9. The van der Waals surface area contributed by atoms with E-state index in [0.717, 1.165) is 45.7 Å². The summed E-state index contributed by atoms with van der Waals surface area (Å²) in [7, 11) is 0. The summed E-state index contributed by atoms with van der Waals surface area (Å²) in [6.45, 7) is 3.60. The van der Waals surface area contributed by atoms with Crippen LogP contribution in [-0.2, 0) is 17.9 Å². The molecule has 8 heteroatoms. The number of thiophene rings is 1. The van der Waals surface area contributed by atoms with Crippen LogP contribution in [0.2, 0.25) is 0 Å². The molecule has 3 heterocycles. The summed E-state index contributed by atoms with van der Waals surface area (Å²) in [5.74, 6) is -0.244. The highest BCUT2D eigenvalue weighted by atomic mass is 32.1. The highest BCUT2D eigenvalue weighted by Crippen LogP contribution is 2.29. The van der Waals surface area contributed by atoms with Crippen LogP contribution in [0.4, 0.5) is 10.1 Å². The molecule has 0 spiro atoms. The monoisotopic (exact) mass is 462 g/mol. The van der Waals surface area contributed by atoms with Crippen molar-refractivity contribution >= 4 is 39.1 Å². The molecule has 2 aromatic carbocycles. The summed E-state index contributed by atoms with van der Waals surface area (Å²) in [5.41, 5.74) is 3.67. The lowest BCUT2D eigenvalue weighted by Gasteiger charge is -2.16. The number of fused-ring (bicyclic) bond motifs is 1. The Bertz CT molecular complexity index is 1330. The van der Waals surface area contributed by atoms with Gasteiger partial charge in [0, 0.05) is 30.6 Å². The van der Waals surface area contributed by atoms with Gasteiger partial charge in [-0.15, -0.1) is 11.3 Å². The van der Waals surface area contributed by atoms with Crippen LogP contribution in [0.15, 0.2) is 54.6 Å². The maximum absolute atomic E-state index is 13.2. The van der Waals surface area contributed by atoms with Crippen LogP contribution in [0.25, 0.3) is 10.2 Å². The summed E-state index contributed by atoms with van der Waals surface area (Å²) in [5, 5.41) is 8.51. The van der Waals surface area contributed by atoms with E-state index in [4.69, 9.17) is 0 Å². The SMILES string of the molecule is Cc1nn(Cc2ccc(F)cc2)c2sc(C(=O)NCc3ccc(N4CCCC4=O)cc3)cc12. The molecule has 0 radical (unpaired) electrons. The summed E-state index contributed by atoms with van der Waals surface area (Å²) in [4.78, 5) is 28.0. The first-order valence-electron chi connectivity index (χ1n) is 10.9.